The van der Waals surface area contributed by atoms with Crippen LogP contribution in [0.5, 0.6) is 11.6 Å². The molecule has 0 fully saturated rings. The van der Waals surface area contributed by atoms with Gasteiger partial charge in [0, 0.05) is 53.6 Å². The van der Waals surface area contributed by atoms with Crippen LogP contribution in [0.2, 0.25) is 0 Å². The number of phenolic OH excluding ortho intramolecular Hbond substituents is 1. The lowest BCUT2D eigenvalue weighted by atomic mass is 9.87. The van der Waals surface area contributed by atoms with E-state index in [-0.39, 0.29) is 17.5 Å². The predicted octanol–water partition coefficient (Wildman–Crippen LogP) is 3.64. The average Bonchev–Trinajstić information content (AvgIpc) is 2.75. The quantitative estimate of drug-likeness (QED) is 0.521. The van der Waals surface area contributed by atoms with E-state index in [0.717, 1.165) is 16.6 Å². The summed E-state index contributed by atoms with van der Waals surface area (Å²) in [6.07, 6.45) is 5.85. The molecule has 1 unspecified atom stereocenters. The summed E-state index contributed by atoms with van der Waals surface area (Å²) in [5, 5.41) is 11.8. The number of aromatic hydroxyl groups is 1. The van der Waals surface area contributed by atoms with Crippen molar-refractivity contribution < 1.29 is 14.6 Å². The van der Waals surface area contributed by atoms with Crippen molar-refractivity contribution in [3.05, 3.63) is 90.0 Å². The average molecular weight is 371 g/mol. The van der Waals surface area contributed by atoms with Crippen LogP contribution >= 0.6 is 0 Å². The fraction of sp³-hybridized carbons (Fsp3) is 0.0909. The molecule has 0 saturated heterocycles. The molecule has 0 amide bonds. The number of carbonyl (C=O) groups excluding carboxylic acids is 1. The SMILES string of the molecule is O=COc1ccc2ccc(C(Cc3ccccn3)c3cccnc3)c(O)c2n1. The Bertz CT molecular complexity index is 1100. The molecule has 1 N–H and O–H groups in total. The summed E-state index contributed by atoms with van der Waals surface area (Å²) < 4.78 is 4.83. The van der Waals surface area contributed by atoms with E-state index < -0.39 is 0 Å². The summed E-state index contributed by atoms with van der Waals surface area (Å²) in [6, 6.07) is 16.7. The van der Waals surface area contributed by atoms with Crippen molar-refractivity contribution in [3.63, 3.8) is 0 Å². The lowest BCUT2D eigenvalue weighted by Crippen LogP contribution is -2.07. The fourth-order valence-corrected chi connectivity index (χ4v) is 3.28. The molecule has 0 aliphatic carbocycles. The minimum absolute atomic E-state index is 0.0543. The Hall–Kier alpha value is -3.80. The van der Waals surface area contributed by atoms with Crippen LogP contribution in [0.25, 0.3) is 10.9 Å². The molecule has 3 heterocycles. The van der Waals surface area contributed by atoms with E-state index in [1.54, 1.807) is 30.7 Å². The first kappa shape index (κ1) is 17.6. The third-order valence-electron chi connectivity index (χ3n) is 4.61. The van der Waals surface area contributed by atoms with Crippen LogP contribution in [0.15, 0.2) is 73.2 Å². The third kappa shape index (κ3) is 3.53. The van der Waals surface area contributed by atoms with Crippen LogP contribution in [0.3, 0.4) is 0 Å². The zero-order valence-electron chi connectivity index (χ0n) is 14.9. The number of ether oxygens (including phenoxy) is 1. The molecule has 6 nitrogen and oxygen atoms in total. The van der Waals surface area contributed by atoms with Gasteiger partial charge >= 0.3 is 0 Å². The Morgan fingerprint density at radius 2 is 1.93 bits per heavy atom. The highest BCUT2D eigenvalue weighted by atomic mass is 16.5. The number of hydrogen-bond donors (Lipinski definition) is 1. The highest BCUT2D eigenvalue weighted by Crippen LogP contribution is 2.37. The molecule has 0 saturated carbocycles. The van der Waals surface area contributed by atoms with Crippen LogP contribution in [-0.4, -0.2) is 26.5 Å². The summed E-state index contributed by atoms with van der Waals surface area (Å²) >= 11 is 0. The molecule has 4 aromatic rings. The van der Waals surface area contributed by atoms with E-state index in [2.05, 4.69) is 15.0 Å². The van der Waals surface area contributed by atoms with Gasteiger partial charge in [0.15, 0.2) is 0 Å². The van der Waals surface area contributed by atoms with Crippen molar-refractivity contribution in [3.8, 4) is 11.6 Å². The van der Waals surface area contributed by atoms with Crippen LogP contribution < -0.4 is 4.74 Å². The molecule has 28 heavy (non-hydrogen) atoms. The normalized spacial score (nSPS) is 11.9. The van der Waals surface area contributed by atoms with Crippen molar-refractivity contribution in [2.24, 2.45) is 0 Å². The van der Waals surface area contributed by atoms with E-state index in [4.69, 9.17) is 4.74 Å². The van der Waals surface area contributed by atoms with E-state index >= 15 is 0 Å². The lowest BCUT2D eigenvalue weighted by molar-refractivity contribution is -0.120. The summed E-state index contributed by atoms with van der Waals surface area (Å²) in [4.78, 5) is 23.5. The van der Waals surface area contributed by atoms with Gasteiger partial charge in [-0.3, -0.25) is 14.8 Å². The molecule has 4 rings (SSSR count). The van der Waals surface area contributed by atoms with Gasteiger partial charge in [-0.1, -0.05) is 24.3 Å². The number of nitrogens with zero attached hydrogens (tertiary/aromatic N) is 3. The van der Waals surface area contributed by atoms with Crippen LogP contribution in [0.4, 0.5) is 0 Å². The van der Waals surface area contributed by atoms with Crippen molar-refractivity contribution in [2.45, 2.75) is 12.3 Å². The highest BCUT2D eigenvalue weighted by Gasteiger charge is 2.21. The molecular weight excluding hydrogens is 354 g/mol. The number of rotatable bonds is 6. The second-order valence-corrected chi connectivity index (χ2v) is 6.30. The van der Waals surface area contributed by atoms with Crippen molar-refractivity contribution in [2.75, 3.05) is 0 Å². The standard InChI is InChI=1S/C22H17N3O3/c26-14-28-20-9-7-15-6-8-18(22(27)21(15)25-20)19(16-4-3-10-23-13-16)12-17-5-1-2-11-24-17/h1-11,13-14,19,27H,12H2. The van der Waals surface area contributed by atoms with E-state index in [1.807, 2.05) is 42.5 Å². The molecule has 1 aromatic carbocycles. The third-order valence-corrected chi connectivity index (χ3v) is 4.61. The monoisotopic (exact) mass is 371 g/mol. The van der Waals surface area contributed by atoms with Gasteiger partial charge in [0.05, 0.1) is 0 Å². The molecule has 0 bridgehead atoms. The number of fused-ring (bicyclic) bond motifs is 1. The minimum Gasteiger partial charge on any atom is -0.505 e. The molecule has 0 aliphatic heterocycles. The number of phenols is 1. The Balaban J connectivity index is 1.84. The van der Waals surface area contributed by atoms with Gasteiger partial charge in [-0.15, -0.1) is 0 Å². The highest BCUT2D eigenvalue weighted by molar-refractivity contribution is 5.86. The summed E-state index contributed by atoms with van der Waals surface area (Å²) in [5.41, 5.74) is 2.96. The zero-order chi connectivity index (χ0) is 19.3. The first-order valence-corrected chi connectivity index (χ1v) is 8.79. The van der Waals surface area contributed by atoms with Gasteiger partial charge in [-0.05, 0) is 29.8 Å². The molecular formula is C22H17N3O3. The van der Waals surface area contributed by atoms with Gasteiger partial charge < -0.3 is 9.84 Å². The number of carbonyl (C=O) groups is 1. The second kappa shape index (κ2) is 7.84. The Kier molecular flexibility index (Phi) is 4.93. The molecule has 0 spiro atoms. The predicted molar refractivity (Wildman–Crippen MR) is 104 cm³/mol. The number of hydrogen-bond acceptors (Lipinski definition) is 6. The topological polar surface area (TPSA) is 85.2 Å². The molecule has 1 atom stereocenters. The van der Waals surface area contributed by atoms with Crippen LogP contribution in [0.1, 0.15) is 22.7 Å². The van der Waals surface area contributed by atoms with E-state index in [0.29, 0.717) is 24.0 Å². The Labute approximate surface area is 161 Å². The smallest absolute Gasteiger partial charge is 0.299 e. The minimum atomic E-state index is -0.162. The zero-order valence-corrected chi connectivity index (χ0v) is 14.9. The van der Waals surface area contributed by atoms with Crippen molar-refractivity contribution >= 4 is 17.4 Å². The number of pyridine rings is 3. The summed E-state index contributed by atoms with van der Waals surface area (Å²) in [7, 11) is 0. The van der Waals surface area contributed by atoms with Gasteiger partial charge in [-0.25, -0.2) is 4.98 Å². The first-order chi connectivity index (χ1) is 13.8. The molecule has 0 radical (unpaired) electrons. The van der Waals surface area contributed by atoms with Crippen LogP contribution in [0, 0.1) is 0 Å². The number of aromatic nitrogens is 3. The van der Waals surface area contributed by atoms with Gasteiger partial charge in [0.25, 0.3) is 6.47 Å². The van der Waals surface area contributed by atoms with E-state index in [1.165, 1.54) is 0 Å². The summed E-state index contributed by atoms with van der Waals surface area (Å²) in [6.45, 7) is 0.314. The van der Waals surface area contributed by atoms with Gasteiger partial charge in [0.1, 0.15) is 11.3 Å². The Morgan fingerprint density at radius 3 is 2.68 bits per heavy atom. The van der Waals surface area contributed by atoms with Crippen LogP contribution in [-0.2, 0) is 11.2 Å². The van der Waals surface area contributed by atoms with Crippen molar-refractivity contribution in [1.82, 2.24) is 15.0 Å². The summed E-state index contributed by atoms with van der Waals surface area (Å²) in [5.74, 6) is 0.0293. The fourth-order valence-electron chi connectivity index (χ4n) is 3.28. The molecule has 138 valence electrons. The molecule has 0 aliphatic rings. The number of benzene rings is 1. The maximum atomic E-state index is 11.0. The van der Waals surface area contributed by atoms with Gasteiger partial charge in [0.2, 0.25) is 5.88 Å². The maximum Gasteiger partial charge on any atom is 0.299 e. The molecule has 6 heteroatoms. The maximum absolute atomic E-state index is 11.0. The Morgan fingerprint density at radius 1 is 1.04 bits per heavy atom. The second-order valence-electron chi connectivity index (χ2n) is 6.30. The van der Waals surface area contributed by atoms with E-state index in [9.17, 15) is 9.90 Å². The molecule has 3 aromatic heterocycles. The largest absolute Gasteiger partial charge is 0.505 e. The lowest BCUT2D eigenvalue weighted by Gasteiger charge is -2.19. The van der Waals surface area contributed by atoms with Gasteiger partial charge in [-0.2, -0.15) is 0 Å². The van der Waals surface area contributed by atoms with Crippen molar-refractivity contribution in [1.29, 1.82) is 0 Å². The first-order valence-electron chi connectivity index (χ1n) is 8.79.